The molecule has 3 aromatic rings. The van der Waals surface area contributed by atoms with Crippen LogP contribution in [-0.2, 0) is 4.74 Å². The van der Waals surface area contributed by atoms with E-state index in [1.807, 2.05) is 0 Å². The van der Waals surface area contributed by atoms with E-state index in [-0.39, 0.29) is 17.4 Å². The molecule has 2 N–H and O–H groups in total. The molecule has 0 saturated heterocycles. The minimum absolute atomic E-state index is 0.114. The van der Waals surface area contributed by atoms with Crippen molar-refractivity contribution in [2.45, 2.75) is 6.42 Å². The van der Waals surface area contributed by atoms with Crippen molar-refractivity contribution in [3.8, 4) is 0 Å². The number of nitrogens with one attached hydrogen (secondary N) is 2. The largest absolute Gasteiger partial charge is 0.385 e. The normalized spacial score (nSPS) is 10.8. The molecule has 156 valence electrons. The molecule has 0 atom stereocenters. The first-order valence-electron chi connectivity index (χ1n) is 8.98. The van der Waals surface area contributed by atoms with Gasteiger partial charge >= 0.3 is 0 Å². The van der Waals surface area contributed by atoms with Gasteiger partial charge in [-0.1, -0.05) is 18.2 Å². The molecule has 0 spiro atoms. The summed E-state index contributed by atoms with van der Waals surface area (Å²) in [6.45, 7) is 0.632. The maximum absolute atomic E-state index is 14.0. The second kappa shape index (κ2) is 9.23. The van der Waals surface area contributed by atoms with Crippen molar-refractivity contribution in [1.82, 2.24) is 15.0 Å². The second-order valence-electron chi connectivity index (χ2n) is 6.23. The summed E-state index contributed by atoms with van der Waals surface area (Å²) in [5.41, 5.74) is 0.662. The number of ether oxygens (including phenoxy) is 1. The van der Waals surface area contributed by atoms with E-state index < -0.39 is 40.4 Å². The zero-order chi connectivity index (χ0) is 21.7. The van der Waals surface area contributed by atoms with Crippen LogP contribution in [0.5, 0.6) is 0 Å². The van der Waals surface area contributed by atoms with E-state index >= 15 is 0 Å². The first-order chi connectivity index (χ1) is 14.4. The van der Waals surface area contributed by atoms with Crippen LogP contribution in [0.25, 0.3) is 10.9 Å². The summed E-state index contributed by atoms with van der Waals surface area (Å²) < 4.78 is 33.4. The van der Waals surface area contributed by atoms with Crippen molar-refractivity contribution in [2.75, 3.05) is 25.7 Å². The van der Waals surface area contributed by atoms with Crippen LogP contribution >= 0.6 is 0 Å². The van der Waals surface area contributed by atoms with E-state index in [2.05, 4.69) is 15.7 Å². The number of carbonyl (C=O) groups is 2. The first-order valence-corrected chi connectivity index (χ1v) is 8.98. The van der Waals surface area contributed by atoms with Crippen LogP contribution in [0.4, 0.5) is 8.78 Å². The number of hydrogen-bond donors (Lipinski definition) is 2. The van der Waals surface area contributed by atoms with Gasteiger partial charge in [0, 0.05) is 20.3 Å². The highest BCUT2D eigenvalue weighted by Gasteiger charge is 2.22. The predicted molar refractivity (Wildman–Crippen MR) is 105 cm³/mol. The standard InChI is InChI=1S/C20H18F2N4O4/c1-30-11-5-10-23-19(28)17-24-15-9-3-2-6-12(15)20(29)26(17)25-18(27)16-13(21)7-4-8-14(16)22/h2-4,6-9H,5,10-11H2,1H3,(H,23,28)(H,25,27). The molecule has 0 saturated carbocycles. The number of rotatable bonds is 7. The molecule has 10 heteroatoms. The number of nitrogens with zero attached hydrogens (tertiary/aromatic N) is 2. The topological polar surface area (TPSA) is 102 Å². The number of hydrogen-bond acceptors (Lipinski definition) is 5. The van der Waals surface area contributed by atoms with Gasteiger partial charge in [-0.2, -0.15) is 4.68 Å². The molecule has 1 heterocycles. The number of amides is 2. The van der Waals surface area contributed by atoms with Crippen molar-refractivity contribution < 1.29 is 23.1 Å². The molecule has 0 fully saturated rings. The van der Waals surface area contributed by atoms with Crippen LogP contribution in [0.3, 0.4) is 0 Å². The fourth-order valence-electron chi connectivity index (χ4n) is 2.76. The van der Waals surface area contributed by atoms with Crippen LogP contribution in [0.2, 0.25) is 0 Å². The SMILES string of the molecule is COCCCNC(=O)c1nc2ccccc2c(=O)n1NC(=O)c1c(F)cccc1F. The van der Waals surface area contributed by atoms with Crippen molar-refractivity contribution in [3.05, 3.63) is 75.8 Å². The summed E-state index contributed by atoms with van der Waals surface area (Å²) in [6.07, 6.45) is 0.507. The first kappa shape index (κ1) is 21.1. The van der Waals surface area contributed by atoms with Crippen LogP contribution in [0.1, 0.15) is 27.4 Å². The molecule has 2 amide bonds. The van der Waals surface area contributed by atoms with Crippen molar-refractivity contribution in [3.63, 3.8) is 0 Å². The Kier molecular flexibility index (Phi) is 6.48. The number of carbonyl (C=O) groups excluding carboxylic acids is 2. The summed E-state index contributed by atoms with van der Waals surface area (Å²) in [7, 11) is 1.52. The molecule has 3 rings (SSSR count). The van der Waals surface area contributed by atoms with Crippen molar-refractivity contribution >= 4 is 22.7 Å². The van der Waals surface area contributed by atoms with Gasteiger partial charge in [0.15, 0.2) is 0 Å². The Hall–Kier alpha value is -3.66. The Bertz CT molecular complexity index is 1140. The lowest BCUT2D eigenvalue weighted by molar-refractivity contribution is 0.0932. The molecule has 8 nitrogen and oxygen atoms in total. The third kappa shape index (κ3) is 4.33. The third-order valence-corrected chi connectivity index (χ3v) is 4.19. The third-order valence-electron chi connectivity index (χ3n) is 4.19. The van der Waals surface area contributed by atoms with E-state index in [0.717, 1.165) is 18.2 Å². The van der Waals surface area contributed by atoms with Crippen molar-refractivity contribution in [2.24, 2.45) is 0 Å². The fraction of sp³-hybridized carbons (Fsp3) is 0.200. The number of methoxy groups -OCH3 is 1. The van der Waals surface area contributed by atoms with Gasteiger partial charge in [0.1, 0.15) is 17.2 Å². The van der Waals surface area contributed by atoms with Gasteiger partial charge in [0.2, 0.25) is 5.82 Å². The summed E-state index contributed by atoms with van der Waals surface area (Å²) in [6, 6.07) is 9.11. The predicted octanol–water partition coefficient (Wildman–Crippen LogP) is 1.82. The molecule has 0 unspecified atom stereocenters. The smallest absolute Gasteiger partial charge is 0.289 e. The molecule has 0 bridgehead atoms. The van der Waals surface area contributed by atoms with Crippen LogP contribution in [0, 0.1) is 11.6 Å². The maximum atomic E-state index is 14.0. The van der Waals surface area contributed by atoms with Crippen LogP contribution in [-0.4, -0.2) is 41.7 Å². The highest BCUT2D eigenvalue weighted by molar-refractivity contribution is 6.01. The Morgan fingerprint density at radius 3 is 2.47 bits per heavy atom. The van der Waals surface area contributed by atoms with Gasteiger partial charge in [0.05, 0.1) is 10.9 Å². The minimum Gasteiger partial charge on any atom is -0.385 e. The number of para-hydroxylation sites is 1. The zero-order valence-electron chi connectivity index (χ0n) is 15.9. The number of benzene rings is 2. The van der Waals surface area contributed by atoms with Gasteiger partial charge < -0.3 is 10.1 Å². The monoisotopic (exact) mass is 416 g/mol. The highest BCUT2D eigenvalue weighted by Crippen LogP contribution is 2.13. The molecule has 1 aromatic heterocycles. The average molecular weight is 416 g/mol. The molecular formula is C20H18F2N4O4. The molecule has 0 aliphatic heterocycles. The Morgan fingerprint density at radius 1 is 1.07 bits per heavy atom. The van der Waals surface area contributed by atoms with Gasteiger partial charge in [-0.15, -0.1) is 0 Å². The molecule has 0 aliphatic rings. The zero-order valence-corrected chi connectivity index (χ0v) is 15.9. The second-order valence-corrected chi connectivity index (χ2v) is 6.23. The fourth-order valence-corrected chi connectivity index (χ4v) is 2.76. The quantitative estimate of drug-likeness (QED) is 0.572. The lowest BCUT2D eigenvalue weighted by Gasteiger charge is -2.14. The van der Waals surface area contributed by atoms with E-state index in [4.69, 9.17) is 4.74 Å². The highest BCUT2D eigenvalue weighted by atomic mass is 19.1. The Balaban J connectivity index is 2.03. The average Bonchev–Trinajstić information content (AvgIpc) is 2.73. The number of aromatic nitrogens is 2. The molecule has 2 aromatic carbocycles. The van der Waals surface area contributed by atoms with E-state index in [0.29, 0.717) is 17.7 Å². The molecule has 0 aliphatic carbocycles. The van der Waals surface area contributed by atoms with E-state index in [1.165, 1.54) is 19.2 Å². The lowest BCUT2D eigenvalue weighted by atomic mass is 10.2. The summed E-state index contributed by atoms with van der Waals surface area (Å²) >= 11 is 0. The van der Waals surface area contributed by atoms with Crippen LogP contribution in [0.15, 0.2) is 47.3 Å². The molecule has 0 radical (unpaired) electrons. The van der Waals surface area contributed by atoms with Gasteiger partial charge in [-0.3, -0.25) is 19.8 Å². The van der Waals surface area contributed by atoms with Crippen molar-refractivity contribution in [1.29, 1.82) is 0 Å². The van der Waals surface area contributed by atoms with Gasteiger partial charge in [0.25, 0.3) is 17.4 Å². The maximum Gasteiger partial charge on any atom is 0.289 e. The summed E-state index contributed by atoms with van der Waals surface area (Å²) in [4.78, 5) is 42.1. The van der Waals surface area contributed by atoms with Gasteiger partial charge in [-0.05, 0) is 30.7 Å². The number of fused-ring (bicyclic) bond motifs is 1. The summed E-state index contributed by atoms with van der Waals surface area (Å²) in [5.74, 6) is -4.64. The Labute approximate surface area is 169 Å². The molecular weight excluding hydrogens is 398 g/mol. The number of halogens is 2. The minimum atomic E-state index is -1.24. The molecule has 30 heavy (non-hydrogen) atoms. The van der Waals surface area contributed by atoms with E-state index in [1.54, 1.807) is 12.1 Å². The summed E-state index contributed by atoms with van der Waals surface area (Å²) in [5, 5.41) is 2.67. The lowest BCUT2D eigenvalue weighted by Crippen LogP contribution is -2.41. The Morgan fingerprint density at radius 2 is 1.77 bits per heavy atom. The van der Waals surface area contributed by atoms with E-state index in [9.17, 15) is 23.2 Å². The van der Waals surface area contributed by atoms with Gasteiger partial charge in [-0.25, -0.2) is 13.8 Å². The van der Waals surface area contributed by atoms with Crippen LogP contribution < -0.4 is 16.3 Å².